The summed E-state index contributed by atoms with van der Waals surface area (Å²) in [7, 11) is 0. The van der Waals surface area contributed by atoms with Crippen molar-refractivity contribution < 1.29 is 4.42 Å². The summed E-state index contributed by atoms with van der Waals surface area (Å²) < 4.78 is 6.08. The number of hydrogen-bond donors (Lipinski definition) is 0. The van der Waals surface area contributed by atoms with Crippen molar-refractivity contribution in [3.63, 3.8) is 0 Å². The Kier molecular flexibility index (Phi) is 7.38. The van der Waals surface area contributed by atoms with E-state index >= 15 is 0 Å². The third-order valence-electron chi connectivity index (χ3n) is 9.14. The molecule has 2 heterocycles. The molecular formula is C46H31NOS. The lowest BCUT2D eigenvalue weighted by molar-refractivity contribution is 0.669. The van der Waals surface area contributed by atoms with E-state index in [-0.39, 0.29) is 0 Å². The fourth-order valence-corrected chi connectivity index (χ4v) is 7.63. The van der Waals surface area contributed by atoms with Crippen LogP contribution in [0.2, 0.25) is 0 Å². The van der Waals surface area contributed by atoms with Gasteiger partial charge in [-0.2, -0.15) is 0 Å². The number of fused-ring (bicyclic) bond motifs is 3. The largest absolute Gasteiger partial charge is 0.456 e. The molecule has 0 atom stereocenters. The Morgan fingerprint density at radius 3 is 1.37 bits per heavy atom. The molecular weight excluding hydrogens is 615 g/mol. The number of furan rings is 1. The topological polar surface area (TPSA) is 16.4 Å². The van der Waals surface area contributed by atoms with Crippen LogP contribution in [-0.4, -0.2) is 0 Å². The van der Waals surface area contributed by atoms with Gasteiger partial charge in [-0.05, 0) is 100 Å². The lowest BCUT2D eigenvalue weighted by Crippen LogP contribution is -2.09. The molecule has 0 saturated carbocycles. The maximum Gasteiger partial charge on any atom is 0.135 e. The molecule has 232 valence electrons. The van der Waals surface area contributed by atoms with Crippen molar-refractivity contribution in [1.82, 2.24) is 0 Å². The quantitative estimate of drug-likeness (QED) is 0.171. The van der Waals surface area contributed by atoms with Crippen molar-refractivity contribution in [1.29, 1.82) is 0 Å². The normalized spacial score (nSPS) is 11.3. The molecule has 49 heavy (non-hydrogen) atoms. The van der Waals surface area contributed by atoms with Gasteiger partial charge in [-0.15, -0.1) is 11.3 Å². The van der Waals surface area contributed by atoms with Crippen LogP contribution in [0.3, 0.4) is 0 Å². The van der Waals surface area contributed by atoms with Crippen molar-refractivity contribution in [2.75, 3.05) is 4.90 Å². The minimum Gasteiger partial charge on any atom is -0.456 e. The second kappa shape index (κ2) is 12.5. The molecule has 9 aromatic rings. The van der Waals surface area contributed by atoms with E-state index < -0.39 is 0 Å². The van der Waals surface area contributed by atoms with Crippen molar-refractivity contribution in [2.24, 2.45) is 0 Å². The van der Waals surface area contributed by atoms with Crippen LogP contribution in [0.15, 0.2) is 192 Å². The Morgan fingerprint density at radius 1 is 0.327 bits per heavy atom. The van der Waals surface area contributed by atoms with Gasteiger partial charge in [-0.3, -0.25) is 0 Å². The first-order valence-electron chi connectivity index (χ1n) is 16.5. The number of anilines is 3. The van der Waals surface area contributed by atoms with Crippen molar-refractivity contribution in [3.8, 4) is 43.1 Å². The third kappa shape index (κ3) is 5.61. The van der Waals surface area contributed by atoms with E-state index in [4.69, 9.17) is 4.42 Å². The van der Waals surface area contributed by atoms with Gasteiger partial charge in [0.2, 0.25) is 0 Å². The van der Waals surface area contributed by atoms with E-state index in [9.17, 15) is 0 Å². The van der Waals surface area contributed by atoms with Gasteiger partial charge in [0.1, 0.15) is 11.2 Å². The maximum atomic E-state index is 6.08. The molecule has 0 spiro atoms. The molecule has 0 N–H and O–H groups in total. The van der Waals surface area contributed by atoms with Gasteiger partial charge in [0.25, 0.3) is 0 Å². The molecule has 7 aromatic carbocycles. The van der Waals surface area contributed by atoms with Crippen molar-refractivity contribution in [3.05, 3.63) is 188 Å². The first kappa shape index (κ1) is 29.0. The predicted octanol–water partition coefficient (Wildman–Crippen LogP) is 13.8. The Morgan fingerprint density at radius 2 is 0.755 bits per heavy atom. The zero-order valence-corrected chi connectivity index (χ0v) is 27.5. The molecule has 0 aliphatic rings. The predicted molar refractivity (Wildman–Crippen MR) is 208 cm³/mol. The molecule has 0 fully saturated rings. The first-order chi connectivity index (χ1) is 24.3. The van der Waals surface area contributed by atoms with Gasteiger partial charge in [0.15, 0.2) is 0 Å². The fourth-order valence-electron chi connectivity index (χ4n) is 6.61. The average molecular weight is 646 g/mol. The Labute approximate surface area is 289 Å². The van der Waals surface area contributed by atoms with Crippen LogP contribution < -0.4 is 4.90 Å². The van der Waals surface area contributed by atoms with Crippen LogP contribution >= 0.6 is 11.3 Å². The summed E-state index contributed by atoms with van der Waals surface area (Å²) in [6.07, 6.45) is 0. The Balaban J connectivity index is 1.07. The molecule has 2 nitrogen and oxygen atoms in total. The molecule has 9 rings (SSSR count). The summed E-state index contributed by atoms with van der Waals surface area (Å²) in [5.74, 6) is 0. The minimum atomic E-state index is 0.911. The van der Waals surface area contributed by atoms with Crippen LogP contribution in [-0.2, 0) is 0 Å². The second-order valence-corrected chi connectivity index (χ2v) is 13.3. The SMILES string of the molecule is c1ccc(-c2ccc(N(c3ccc(-c4ccc5oc6ccccc6c5c4)cc3)c3ccc(-c4ccc(-c5ccccc5)s4)cc3)cc2)cc1. The van der Waals surface area contributed by atoms with Crippen LogP contribution in [0.5, 0.6) is 0 Å². The van der Waals surface area contributed by atoms with E-state index in [2.05, 4.69) is 181 Å². The molecule has 0 aliphatic heterocycles. The van der Waals surface area contributed by atoms with Gasteiger partial charge >= 0.3 is 0 Å². The summed E-state index contributed by atoms with van der Waals surface area (Å²) >= 11 is 1.83. The maximum absolute atomic E-state index is 6.08. The van der Waals surface area contributed by atoms with Crippen LogP contribution in [0.1, 0.15) is 0 Å². The zero-order valence-electron chi connectivity index (χ0n) is 26.7. The van der Waals surface area contributed by atoms with Crippen molar-refractivity contribution in [2.45, 2.75) is 0 Å². The zero-order chi connectivity index (χ0) is 32.6. The highest BCUT2D eigenvalue weighted by Crippen LogP contribution is 2.40. The standard InChI is InChI=1S/C46H31NOS/c1-3-9-32(10-4-1)33-15-22-38(23-16-33)47(40-26-19-36(20-27-40)46-30-29-45(49-46)35-11-5-2-6-12-35)39-24-17-34(18-25-39)37-21-28-44-42(31-37)41-13-7-8-14-43(41)48-44/h1-31H. The average Bonchev–Trinajstić information content (AvgIpc) is 3.82. The fraction of sp³-hybridized carbons (Fsp3) is 0. The number of benzene rings is 7. The number of nitrogens with zero attached hydrogens (tertiary/aromatic N) is 1. The Hall–Kier alpha value is -6.16. The van der Waals surface area contributed by atoms with Crippen LogP contribution in [0, 0.1) is 0 Å². The number of rotatable bonds is 7. The van der Waals surface area contributed by atoms with Gasteiger partial charge in [0, 0.05) is 37.6 Å². The monoisotopic (exact) mass is 645 g/mol. The van der Waals surface area contributed by atoms with Crippen molar-refractivity contribution >= 4 is 50.3 Å². The lowest BCUT2D eigenvalue weighted by Gasteiger charge is -2.26. The molecule has 3 heteroatoms. The molecule has 0 aliphatic carbocycles. The summed E-state index contributed by atoms with van der Waals surface area (Å²) in [5, 5.41) is 2.28. The lowest BCUT2D eigenvalue weighted by atomic mass is 10.0. The van der Waals surface area contributed by atoms with E-state index in [0.29, 0.717) is 0 Å². The molecule has 0 amide bonds. The second-order valence-electron chi connectivity index (χ2n) is 12.2. The number of hydrogen-bond acceptors (Lipinski definition) is 3. The van der Waals surface area contributed by atoms with E-state index in [0.717, 1.165) is 44.6 Å². The van der Waals surface area contributed by atoms with Gasteiger partial charge in [-0.1, -0.05) is 121 Å². The summed E-state index contributed by atoms with van der Waals surface area (Å²) in [6, 6.07) is 66.9. The summed E-state index contributed by atoms with van der Waals surface area (Å²) in [5.41, 5.74) is 12.3. The van der Waals surface area contributed by atoms with E-state index in [1.54, 1.807) is 0 Å². The Bertz CT molecular complexity index is 2510. The number of thiophene rings is 1. The highest BCUT2D eigenvalue weighted by atomic mass is 32.1. The van der Waals surface area contributed by atoms with Crippen LogP contribution in [0.4, 0.5) is 17.1 Å². The minimum absolute atomic E-state index is 0.911. The van der Waals surface area contributed by atoms with Gasteiger partial charge in [0.05, 0.1) is 0 Å². The molecule has 0 radical (unpaired) electrons. The smallest absolute Gasteiger partial charge is 0.135 e. The molecule has 0 bridgehead atoms. The highest BCUT2D eigenvalue weighted by Gasteiger charge is 2.15. The van der Waals surface area contributed by atoms with Gasteiger partial charge in [-0.25, -0.2) is 0 Å². The summed E-state index contributed by atoms with van der Waals surface area (Å²) in [4.78, 5) is 4.87. The van der Waals surface area contributed by atoms with E-state index in [1.165, 1.54) is 37.6 Å². The van der Waals surface area contributed by atoms with E-state index in [1.807, 2.05) is 23.5 Å². The summed E-state index contributed by atoms with van der Waals surface area (Å²) in [6.45, 7) is 0. The first-order valence-corrected chi connectivity index (χ1v) is 17.3. The number of para-hydroxylation sites is 1. The molecule has 0 unspecified atom stereocenters. The van der Waals surface area contributed by atoms with Crippen LogP contribution in [0.25, 0.3) is 65.1 Å². The van der Waals surface area contributed by atoms with Gasteiger partial charge < -0.3 is 9.32 Å². The third-order valence-corrected chi connectivity index (χ3v) is 10.3. The molecule has 2 aromatic heterocycles. The highest BCUT2D eigenvalue weighted by molar-refractivity contribution is 7.18. The molecule has 0 saturated heterocycles.